The van der Waals surface area contributed by atoms with Gasteiger partial charge in [-0.1, -0.05) is 115 Å². The Bertz CT molecular complexity index is 2690. The second-order valence-corrected chi connectivity index (χ2v) is 12.0. The zero-order valence-corrected chi connectivity index (χ0v) is 25.8. The van der Waals surface area contributed by atoms with Crippen molar-refractivity contribution in [2.24, 2.45) is 0 Å². The quantitative estimate of drug-likeness (QED) is 0.199. The molecule has 0 saturated heterocycles. The molecule has 9 aromatic rings. The van der Waals surface area contributed by atoms with E-state index in [4.69, 9.17) is 0 Å². The van der Waals surface area contributed by atoms with Crippen LogP contribution in [0.5, 0.6) is 0 Å². The predicted octanol–water partition coefficient (Wildman–Crippen LogP) is 11.0. The lowest BCUT2D eigenvalue weighted by Gasteiger charge is -2.16. The third kappa shape index (κ3) is 4.07. The van der Waals surface area contributed by atoms with Gasteiger partial charge in [0.1, 0.15) is 6.07 Å². The molecule has 0 unspecified atom stereocenters. The zero-order chi connectivity index (χ0) is 32.2. The maximum Gasteiger partial charge on any atom is 0.101 e. The van der Waals surface area contributed by atoms with Crippen molar-refractivity contribution in [1.29, 1.82) is 10.5 Å². The van der Waals surface area contributed by atoms with Crippen molar-refractivity contribution < 1.29 is 0 Å². The van der Waals surface area contributed by atoms with Crippen LogP contribution >= 0.6 is 0 Å². The number of benzene rings is 7. The van der Waals surface area contributed by atoms with Crippen LogP contribution in [0.25, 0.3) is 77.2 Å². The van der Waals surface area contributed by atoms with E-state index in [1.54, 1.807) is 6.07 Å². The van der Waals surface area contributed by atoms with Crippen molar-refractivity contribution in [2.45, 2.75) is 0 Å². The fraction of sp³-hybridized carbons (Fsp3) is 0. The van der Waals surface area contributed by atoms with E-state index in [1.165, 1.54) is 10.8 Å². The van der Waals surface area contributed by atoms with Crippen molar-refractivity contribution in [1.82, 2.24) is 9.13 Å². The van der Waals surface area contributed by atoms with E-state index in [9.17, 15) is 10.5 Å². The highest BCUT2D eigenvalue weighted by atomic mass is 15.0. The third-order valence-electron chi connectivity index (χ3n) is 9.43. The molecule has 2 aromatic heterocycles. The van der Waals surface area contributed by atoms with Gasteiger partial charge in [-0.3, -0.25) is 0 Å². The normalized spacial score (nSPS) is 11.3. The third-order valence-corrected chi connectivity index (χ3v) is 9.43. The Morgan fingerprint density at radius 3 is 1.23 bits per heavy atom. The minimum absolute atomic E-state index is 0.457. The Kier molecular flexibility index (Phi) is 6.22. The summed E-state index contributed by atoms with van der Waals surface area (Å²) in [5, 5.41) is 25.2. The molecule has 0 saturated carbocycles. The smallest absolute Gasteiger partial charge is 0.101 e. The molecule has 2 heterocycles. The maximum atomic E-state index is 10.3. The topological polar surface area (TPSA) is 57.4 Å². The fourth-order valence-corrected chi connectivity index (χ4v) is 7.30. The number of rotatable bonds is 4. The first-order valence-electron chi connectivity index (χ1n) is 15.9. The van der Waals surface area contributed by atoms with Crippen LogP contribution in [0.3, 0.4) is 0 Å². The van der Waals surface area contributed by atoms with Gasteiger partial charge in [-0.15, -0.1) is 0 Å². The SMILES string of the molecule is N#Cc1cc(C#N)c(-n2c3ccccc3c3ccccc32)cc1-c1ccc(-c2ccccc2-n2c3ccccc3c3ccccc32)cc1. The van der Waals surface area contributed by atoms with E-state index in [-0.39, 0.29) is 0 Å². The van der Waals surface area contributed by atoms with Crippen LogP contribution in [0.15, 0.2) is 158 Å². The monoisotopic (exact) mass is 610 g/mol. The first-order valence-corrected chi connectivity index (χ1v) is 15.9. The molecule has 0 bridgehead atoms. The molecule has 4 heteroatoms. The molecule has 4 nitrogen and oxygen atoms in total. The molecule has 7 aromatic carbocycles. The van der Waals surface area contributed by atoms with Crippen LogP contribution in [0.2, 0.25) is 0 Å². The van der Waals surface area contributed by atoms with E-state index in [0.29, 0.717) is 11.1 Å². The Hall–Kier alpha value is -6.88. The van der Waals surface area contributed by atoms with Crippen molar-refractivity contribution in [2.75, 3.05) is 0 Å². The summed E-state index contributed by atoms with van der Waals surface area (Å²) in [6, 6.07) is 58.9. The molecule has 0 fully saturated rings. The van der Waals surface area contributed by atoms with E-state index in [2.05, 4.69) is 143 Å². The summed E-state index contributed by atoms with van der Waals surface area (Å²) in [6.07, 6.45) is 0. The highest BCUT2D eigenvalue weighted by Crippen LogP contribution is 2.39. The number of para-hydroxylation sites is 5. The van der Waals surface area contributed by atoms with Gasteiger partial charge in [0.2, 0.25) is 0 Å². The van der Waals surface area contributed by atoms with E-state index in [1.807, 2.05) is 30.3 Å². The molecule has 0 amide bonds. The van der Waals surface area contributed by atoms with Crippen molar-refractivity contribution >= 4 is 43.6 Å². The van der Waals surface area contributed by atoms with E-state index >= 15 is 0 Å². The Morgan fingerprint density at radius 2 is 0.750 bits per heavy atom. The molecule has 222 valence electrons. The van der Waals surface area contributed by atoms with Crippen LogP contribution in [0.1, 0.15) is 11.1 Å². The molecular formula is C44H26N4. The summed E-state index contributed by atoms with van der Waals surface area (Å²) < 4.78 is 4.49. The van der Waals surface area contributed by atoms with Gasteiger partial charge in [0.05, 0.1) is 50.6 Å². The molecule has 48 heavy (non-hydrogen) atoms. The first kappa shape index (κ1) is 27.4. The molecule has 0 radical (unpaired) electrons. The second-order valence-electron chi connectivity index (χ2n) is 12.0. The molecule has 0 aliphatic heterocycles. The minimum Gasteiger partial charge on any atom is -0.309 e. The Labute approximate surface area is 277 Å². The van der Waals surface area contributed by atoms with Gasteiger partial charge in [0.15, 0.2) is 0 Å². The van der Waals surface area contributed by atoms with Gasteiger partial charge in [0, 0.05) is 32.7 Å². The van der Waals surface area contributed by atoms with E-state index in [0.717, 1.165) is 66.5 Å². The fourth-order valence-electron chi connectivity index (χ4n) is 7.30. The molecule has 9 rings (SSSR count). The highest BCUT2D eigenvalue weighted by molar-refractivity contribution is 6.10. The van der Waals surface area contributed by atoms with Crippen LogP contribution in [-0.2, 0) is 0 Å². The highest BCUT2D eigenvalue weighted by Gasteiger charge is 2.19. The van der Waals surface area contributed by atoms with Gasteiger partial charge < -0.3 is 9.13 Å². The van der Waals surface area contributed by atoms with Crippen LogP contribution in [0, 0.1) is 22.7 Å². The zero-order valence-electron chi connectivity index (χ0n) is 25.8. The van der Waals surface area contributed by atoms with Gasteiger partial charge in [0.25, 0.3) is 0 Å². The number of fused-ring (bicyclic) bond motifs is 6. The average Bonchev–Trinajstić information content (AvgIpc) is 3.67. The standard InChI is InChI=1S/C44H26N4/c45-27-31-25-32(28-46)44(48-42-19-9-4-14-36(42)37-15-5-10-20-43(37)48)26-38(31)30-23-21-29(22-24-30)33-11-1-6-16-39(33)47-40-17-7-2-12-34(40)35-13-3-8-18-41(35)47/h1-26H. The number of nitriles is 2. The lowest BCUT2D eigenvalue weighted by Crippen LogP contribution is -2.00. The summed E-state index contributed by atoms with van der Waals surface area (Å²) >= 11 is 0. The van der Waals surface area contributed by atoms with Crippen LogP contribution in [-0.4, -0.2) is 9.13 Å². The summed E-state index contributed by atoms with van der Waals surface area (Å²) in [4.78, 5) is 0. The van der Waals surface area contributed by atoms with E-state index < -0.39 is 0 Å². The second kappa shape index (κ2) is 10.9. The number of hydrogen-bond acceptors (Lipinski definition) is 2. The van der Waals surface area contributed by atoms with Crippen molar-refractivity contribution in [3.8, 4) is 45.8 Å². The molecule has 0 aliphatic carbocycles. The molecule has 0 aliphatic rings. The van der Waals surface area contributed by atoms with Crippen LogP contribution < -0.4 is 0 Å². The van der Waals surface area contributed by atoms with Gasteiger partial charge in [-0.05, 0) is 53.6 Å². The van der Waals surface area contributed by atoms with Gasteiger partial charge in [-0.2, -0.15) is 10.5 Å². The predicted molar refractivity (Wildman–Crippen MR) is 195 cm³/mol. The number of nitrogens with zero attached hydrogens (tertiary/aromatic N) is 4. The molecule has 0 spiro atoms. The van der Waals surface area contributed by atoms with Crippen molar-refractivity contribution in [3.05, 3.63) is 169 Å². The van der Waals surface area contributed by atoms with Crippen molar-refractivity contribution in [3.63, 3.8) is 0 Å². The van der Waals surface area contributed by atoms with Gasteiger partial charge in [-0.25, -0.2) is 0 Å². The summed E-state index contributed by atoms with van der Waals surface area (Å²) in [7, 11) is 0. The lowest BCUT2D eigenvalue weighted by molar-refractivity contribution is 1.17. The molecule has 0 atom stereocenters. The van der Waals surface area contributed by atoms with Crippen LogP contribution in [0.4, 0.5) is 0 Å². The Morgan fingerprint density at radius 1 is 0.354 bits per heavy atom. The largest absolute Gasteiger partial charge is 0.309 e. The number of aromatic nitrogens is 2. The summed E-state index contributed by atoms with van der Waals surface area (Å²) in [6.45, 7) is 0. The average molecular weight is 611 g/mol. The minimum atomic E-state index is 0.457. The Balaban J connectivity index is 1.21. The first-order chi connectivity index (χ1) is 23.7. The number of hydrogen-bond donors (Lipinski definition) is 0. The van der Waals surface area contributed by atoms with Gasteiger partial charge >= 0.3 is 0 Å². The molecular weight excluding hydrogens is 585 g/mol. The maximum absolute atomic E-state index is 10.3. The summed E-state index contributed by atoms with van der Waals surface area (Å²) in [5.74, 6) is 0. The summed E-state index contributed by atoms with van der Waals surface area (Å²) in [5.41, 5.74) is 11.0. The lowest BCUT2D eigenvalue weighted by atomic mass is 9.94. The molecule has 0 N–H and O–H groups in total.